The Morgan fingerprint density at radius 2 is 1.67 bits per heavy atom. The third-order valence-electron chi connectivity index (χ3n) is 1.94. The number of sulfonamides is 1. The van der Waals surface area contributed by atoms with E-state index in [1.807, 2.05) is 0 Å². The molecule has 1 amide bonds. The Kier molecular flexibility index (Phi) is 2.99. The highest BCUT2D eigenvalue weighted by Gasteiger charge is 2.25. The van der Waals surface area contributed by atoms with Crippen LogP contribution in [0.2, 0.25) is 0 Å². The zero-order valence-electron chi connectivity index (χ0n) is 8.30. The molecule has 0 aliphatic rings. The first-order chi connectivity index (χ1) is 6.85. The van der Waals surface area contributed by atoms with Crippen LogP contribution < -0.4 is 0 Å². The fourth-order valence-electron chi connectivity index (χ4n) is 0.966. The number of nitrogens with zero attached hydrogens (tertiary/aromatic N) is 1. The number of aryl methyl sites for hydroxylation is 1. The smallest absolute Gasteiger partial charge is 0.219 e. The summed E-state index contributed by atoms with van der Waals surface area (Å²) in [4.78, 5) is 10.4. The molecule has 1 radical (unpaired) electrons. The minimum Gasteiger partial charge on any atom is -0.219 e. The van der Waals surface area contributed by atoms with E-state index in [-0.39, 0.29) is 9.20 Å². The van der Waals surface area contributed by atoms with Crippen molar-refractivity contribution in [2.24, 2.45) is 0 Å². The first kappa shape index (κ1) is 11.5. The Hall–Kier alpha value is -1.56. The summed E-state index contributed by atoms with van der Waals surface area (Å²) in [7, 11) is -3.05. The largest absolute Gasteiger partial charge is 0.466 e. The van der Waals surface area contributed by atoms with Gasteiger partial charge in [-0.1, -0.05) is 17.7 Å². The summed E-state index contributed by atoms with van der Waals surface area (Å²) in [5, 5.41) is 10.4. The van der Waals surface area contributed by atoms with Crippen molar-refractivity contribution in [3.63, 3.8) is 0 Å². The molecule has 1 aromatic carbocycles. The van der Waals surface area contributed by atoms with Gasteiger partial charge in [-0.15, -0.1) is 0 Å². The number of hydrogen-bond acceptors (Lipinski definition) is 3. The molecule has 0 bridgehead atoms. The summed E-state index contributed by atoms with van der Waals surface area (Å²) in [6, 6.07) is 5.89. The molecule has 0 saturated heterocycles. The first-order valence-corrected chi connectivity index (χ1v) is 5.56. The Labute approximate surface area is 88.0 Å². The van der Waals surface area contributed by atoms with Crippen molar-refractivity contribution in [1.29, 1.82) is 0 Å². The fourth-order valence-corrected chi connectivity index (χ4v) is 1.96. The van der Waals surface area contributed by atoms with Crippen LogP contribution >= 0.6 is 0 Å². The van der Waals surface area contributed by atoms with Gasteiger partial charge in [-0.3, -0.25) is 0 Å². The molecule has 0 aliphatic carbocycles. The molecule has 15 heavy (non-hydrogen) atoms. The number of hydrogen-bond donors (Lipinski definition) is 0. The maximum atomic E-state index is 11.6. The van der Waals surface area contributed by atoms with Gasteiger partial charge in [0.25, 0.3) is 10.0 Å². The monoisotopic (exact) mass is 228 g/mol. The van der Waals surface area contributed by atoms with Crippen LogP contribution in [0.3, 0.4) is 0 Å². The van der Waals surface area contributed by atoms with Gasteiger partial charge in [0.15, 0.2) is 0 Å². The zero-order chi connectivity index (χ0) is 11.6. The molecule has 0 fully saturated rings. The van der Waals surface area contributed by atoms with Gasteiger partial charge in [-0.05, 0) is 19.1 Å². The number of carbonyl (C=O) groups excluding carboxylic acids is 1. The zero-order valence-corrected chi connectivity index (χ0v) is 9.11. The number of benzene rings is 1. The van der Waals surface area contributed by atoms with Crippen LogP contribution in [0.4, 0.5) is 4.79 Å². The van der Waals surface area contributed by atoms with E-state index in [9.17, 15) is 18.3 Å². The van der Waals surface area contributed by atoms with Crippen molar-refractivity contribution in [3.8, 4) is 0 Å². The van der Waals surface area contributed by atoms with E-state index in [0.29, 0.717) is 0 Å². The van der Waals surface area contributed by atoms with Crippen LogP contribution in [0.1, 0.15) is 5.56 Å². The van der Waals surface area contributed by atoms with Gasteiger partial charge in [0.05, 0.1) is 4.90 Å². The minimum atomic E-state index is -3.98. The molecule has 0 atom stereocenters. The average molecular weight is 228 g/mol. The van der Waals surface area contributed by atoms with E-state index in [1.54, 1.807) is 19.1 Å². The first-order valence-electron chi connectivity index (χ1n) is 4.12. The molecule has 0 heterocycles. The number of carbonyl (C=O) groups is 1. The predicted molar refractivity (Wildman–Crippen MR) is 52.2 cm³/mol. The second-order valence-corrected chi connectivity index (χ2v) is 5.02. The highest BCUT2D eigenvalue weighted by molar-refractivity contribution is 7.89. The van der Waals surface area contributed by atoms with Crippen molar-refractivity contribution in [2.75, 3.05) is 7.05 Å². The van der Waals surface area contributed by atoms with Gasteiger partial charge in [-0.25, -0.2) is 22.6 Å². The summed E-state index contributed by atoms with van der Waals surface area (Å²) < 4.78 is 23.4. The molecule has 0 aliphatic heterocycles. The fraction of sp³-hybridized carbons (Fsp3) is 0.222. The van der Waals surface area contributed by atoms with Crippen molar-refractivity contribution in [2.45, 2.75) is 11.8 Å². The maximum absolute atomic E-state index is 11.6. The maximum Gasteiger partial charge on any atom is 0.466 e. The predicted octanol–water partition coefficient (Wildman–Crippen LogP) is 1.17. The van der Waals surface area contributed by atoms with Crippen molar-refractivity contribution >= 4 is 16.1 Å². The molecule has 5 nitrogen and oxygen atoms in total. The molecule has 0 aromatic heterocycles. The number of rotatable bonds is 2. The van der Waals surface area contributed by atoms with Gasteiger partial charge >= 0.3 is 6.09 Å². The molecule has 0 N–H and O–H groups in total. The van der Waals surface area contributed by atoms with Gasteiger partial charge in [0.1, 0.15) is 0 Å². The third-order valence-corrected chi connectivity index (χ3v) is 3.67. The lowest BCUT2D eigenvalue weighted by molar-refractivity contribution is 0.151. The molecular formula is C9H10NO4S. The lowest BCUT2D eigenvalue weighted by Gasteiger charge is -2.12. The van der Waals surface area contributed by atoms with E-state index in [2.05, 4.69) is 0 Å². The van der Waals surface area contributed by atoms with Gasteiger partial charge in [0, 0.05) is 7.05 Å². The molecule has 81 valence electrons. The van der Waals surface area contributed by atoms with Crippen LogP contribution in [0, 0.1) is 6.92 Å². The van der Waals surface area contributed by atoms with Crippen LogP contribution in [0.15, 0.2) is 29.2 Å². The lowest BCUT2D eigenvalue weighted by atomic mass is 10.2. The lowest BCUT2D eigenvalue weighted by Crippen LogP contribution is -2.31. The van der Waals surface area contributed by atoms with E-state index < -0.39 is 16.1 Å². The Bertz CT molecular complexity index is 463. The summed E-state index contributed by atoms with van der Waals surface area (Å²) in [6.07, 6.45) is -1.75. The summed E-state index contributed by atoms with van der Waals surface area (Å²) >= 11 is 0. The molecule has 0 spiro atoms. The van der Waals surface area contributed by atoms with E-state index >= 15 is 0 Å². The van der Waals surface area contributed by atoms with Crippen LogP contribution in [-0.2, 0) is 15.1 Å². The van der Waals surface area contributed by atoms with Crippen LogP contribution in [0.5, 0.6) is 0 Å². The van der Waals surface area contributed by atoms with Gasteiger partial charge in [-0.2, -0.15) is 0 Å². The van der Waals surface area contributed by atoms with Crippen molar-refractivity contribution in [3.05, 3.63) is 29.8 Å². The second kappa shape index (κ2) is 3.90. The third kappa shape index (κ3) is 2.27. The highest BCUT2D eigenvalue weighted by atomic mass is 32.2. The standard InChI is InChI=1S/C9H10NO4S/c1-7-3-5-8(6-4-7)15(13,14)10(2)9(11)12/h3-6H,1-2H3. The van der Waals surface area contributed by atoms with Crippen molar-refractivity contribution < 1.29 is 18.3 Å². The second-order valence-electron chi connectivity index (χ2n) is 3.05. The Morgan fingerprint density at radius 1 is 1.20 bits per heavy atom. The molecule has 1 aromatic rings. The van der Waals surface area contributed by atoms with E-state index in [1.165, 1.54) is 12.1 Å². The highest BCUT2D eigenvalue weighted by Crippen LogP contribution is 2.14. The number of amides is 1. The van der Waals surface area contributed by atoms with Crippen molar-refractivity contribution in [1.82, 2.24) is 4.31 Å². The van der Waals surface area contributed by atoms with Gasteiger partial charge < -0.3 is 0 Å². The SMILES string of the molecule is Cc1ccc(S(=O)(=O)N(C)C([O])=O)cc1. The molecule has 1 rings (SSSR count). The Balaban J connectivity index is 3.17. The summed E-state index contributed by atoms with van der Waals surface area (Å²) in [5.41, 5.74) is 0.894. The molecule has 0 unspecified atom stereocenters. The normalized spacial score (nSPS) is 11.1. The molecular weight excluding hydrogens is 218 g/mol. The van der Waals surface area contributed by atoms with E-state index in [0.717, 1.165) is 12.6 Å². The van der Waals surface area contributed by atoms with Crippen LogP contribution in [-0.4, -0.2) is 25.9 Å². The summed E-state index contributed by atoms with van der Waals surface area (Å²) in [6.45, 7) is 1.80. The minimum absolute atomic E-state index is 0.0696. The average Bonchev–Trinajstić information content (AvgIpc) is 2.17. The Morgan fingerprint density at radius 3 is 2.07 bits per heavy atom. The summed E-state index contributed by atoms with van der Waals surface area (Å²) in [5.74, 6) is 0. The van der Waals surface area contributed by atoms with E-state index in [4.69, 9.17) is 0 Å². The molecule has 0 saturated carbocycles. The topological polar surface area (TPSA) is 74.3 Å². The van der Waals surface area contributed by atoms with Crippen LogP contribution in [0.25, 0.3) is 0 Å². The van der Waals surface area contributed by atoms with Gasteiger partial charge in [0.2, 0.25) is 0 Å². The molecule has 6 heteroatoms. The quantitative estimate of drug-likeness (QED) is 0.762.